The molecule has 3 aromatic rings. The Balaban J connectivity index is 1.73. The summed E-state index contributed by atoms with van der Waals surface area (Å²) in [6.07, 6.45) is -0.568. The molecular formula is C23H17ClFNO4. The van der Waals surface area contributed by atoms with Gasteiger partial charge in [0.05, 0.1) is 24.2 Å². The number of phenolic OH excluding ortho intramolecular Hbond substituents is 1. The van der Waals surface area contributed by atoms with Gasteiger partial charge >= 0.3 is 0 Å². The van der Waals surface area contributed by atoms with E-state index >= 15 is 0 Å². The molecule has 0 spiro atoms. The fraction of sp³-hybridized carbons (Fsp3) is 0.130. The molecule has 2 N–H and O–H groups in total. The van der Waals surface area contributed by atoms with Gasteiger partial charge in [-0.1, -0.05) is 48.0 Å². The largest absolute Gasteiger partial charge is 0.507 e. The van der Waals surface area contributed by atoms with Crippen LogP contribution < -0.4 is 4.90 Å². The van der Waals surface area contributed by atoms with Crippen LogP contribution in [-0.4, -0.2) is 21.9 Å². The number of rotatable bonds is 5. The Morgan fingerprint density at radius 2 is 1.73 bits per heavy atom. The molecule has 0 aromatic heterocycles. The molecule has 0 radical (unpaired) electrons. The third kappa shape index (κ3) is 3.24. The SMILES string of the molecule is O=C(C[C@]1(O)C(=O)N(Cc2c(F)cccc2Cl)c2ccccc21)c1ccccc1O. The summed E-state index contributed by atoms with van der Waals surface area (Å²) in [7, 11) is 0. The average molecular weight is 426 g/mol. The molecule has 1 atom stereocenters. The van der Waals surface area contributed by atoms with E-state index in [2.05, 4.69) is 0 Å². The molecule has 0 bridgehead atoms. The van der Waals surface area contributed by atoms with Crippen molar-refractivity contribution in [3.63, 3.8) is 0 Å². The van der Waals surface area contributed by atoms with Crippen LogP contribution in [0.1, 0.15) is 27.9 Å². The number of carbonyl (C=O) groups is 2. The second-order valence-corrected chi connectivity index (χ2v) is 7.49. The van der Waals surface area contributed by atoms with Gasteiger partial charge in [0.15, 0.2) is 11.4 Å². The summed E-state index contributed by atoms with van der Waals surface area (Å²) in [5, 5.41) is 21.4. The molecule has 5 nitrogen and oxygen atoms in total. The summed E-state index contributed by atoms with van der Waals surface area (Å²) in [5.74, 6) is -2.16. The second-order valence-electron chi connectivity index (χ2n) is 7.09. The lowest BCUT2D eigenvalue weighted by Crippen LogP contribution is -2.41. The standard InChI is InChI=1S/C23H17ClFNO4/c24-17-8-5-9-18(25)15(17)13-26-19-10-3-2-7-16(19)23(30,22(26)29)12-21(28)14-6-1-4-11-20(14)27/h1-11,27,30H,12-13H2/t23-/m1/s1. The molecule has 3 aromatic carbocycles. The Morgan fingerprint density at radius 1 is 1.03 bits per heavy atom. The Hall–Kier alpha value is -3.22. The third-order valence-electron chi connectivity index (χ3n) is 5.24. The maximum absolute atomic E-state index is 14.3. The highest BCUT2D eigenvalue weighted by Gasteiger charge is 2.51. The molecule has 0 saturated heterocycles. The first-order valence-electron chi connectivity index (χ1n) is 9.21. The van der Waals surface area contributed by atoms with E-state index in [1.165, 1.54) is 35.2 Å². The number of carbonyl (C=O) groups excluding carboxylic acids is 2. The van der Waals surface area contributed by atoms with Crippen LogP contribution in [0, 0.1) is 5.82 Å². The highest BCUT2D eigenvalue weighted by Crippen LogP contribution is 2.44. The molecule has 7 heteroatoms. The van der Waals surface area contributed by atoms with E-state index < -0.39 is 29.5 Å². The lowest BCUT2D eigenvalue weighted by atomic mass is 9.88. The number of hydrogen-bond acceptors (Lipinski definition) is 4. The van der Waals surface area contributed by atoms with E-state index in [0.717, 1.165) is 0 Å². The summed E-state index contributed by atoms with van der Waals surface area (Å²) in [5.41, 5.74) is -1.42. The minimum absolute atomic E-state index is 0.00630. The van der Waals surface area contributed by atoms with E-state index in [1.807, 2.05) is 0 Å². The van der Waals surface area contributed by atoms with Crippen molar-refractivity contribution in [2.45, 2.75) is 18.6 Å². The number of hydrogen-bond donors (Lipinski definition) is 2. The van der Waals surface area contributed by atoms with Gasteiger partial charge < -0.3 is 15.1 Å². The van der Waals surface area contributed by atoms with Gasteiger partial charge in [-0.3, -0.25) is 9.59 Å². The van der Waals surface area contributed by atoms with Gasteiger partial charge in [-0.05, 0) is 30.3 Å². The number of phenols is 1. The first kappa shape index (κ1) is 20.1. The first-order valence-corrected chi connectivity index (χ1v) is 9.58. The lowest BCUT2D eigenvalue weighted by Gasteiger charge is -2.23. The summed E-state index contributed by atoms with van der Waals surface area (Å²) < 4.78 is 14.3. The molecule has 152 valence electrons. The number of fused-ring (bicyclic) bond motifs is 1. The van der Waals surface area contributed by atoms with E-state index in [-0.39, 0.29) is 34.0 Å². The smallest absolute Gasteiger partial charge is 0.264 e. The molecule has 0 aliphatic carbocycles. The fourth-order valence-corrected chi connectivity index (χ4v) is 3.94. The zero-order valence-electron chi connectivity index (χ0n) is 15.7. The van der Waals surface area contributed by atoms with E-state index in [9.17, 15) is 24.2 Å². The predicted octanol–water partition coefficient (Wildman–Crippen LogP) is 4.19. The number of nitrogens with zero attached hydrogens (tertiary/aromatic N) is 1. The quantitative estimate of drug-likeness (QED) is 0.601. The maximum Gasteiger partial charge on any atom is 0.264 e. The predicted molar refractivity (Wildman–Crippen MR) is 110 cm³/mol. The van der Waals surface area contributed by atoms with Crippen molar-refractivity contribution in [2.24, 2.45) is 0 Å². The van der Waals surface area contributed by atoms with Gasteiger partial charge in [0.1, 0.15) is 11.6 Å². The fourth-order valence-electron chi connectivity index (χ4n) is 3.71. The molecule has 30 heavy (non-hydrogen) atoms. The lowest BCUT2D eigenvalue weighted by molar-refractivity contribution is -0.136. The monoisotopic (exact) mass is 425 g/mol. The highest BCUT2D eigenvalue weighted by atomic mass is 35.5. The number of ketones is 1. The number of amides is 1. The summed E-state index contributed by atoms with van der Waals surface area (Å²) in [4.78, 5) is 27.3. The summed E-state index contributed by atoms with van der Waals surface area (Å²) in [6, 6.07) is 16.6. The number of aliphatic hydroxyl groups is 1. The van der Waals surface area contributed by atoms with Gasteiger partial charge in [-0.2, -0.15) is 0 Å². The van der Waals surface area contributed by atoms with E-state index in [1.54, 1.807) is 36.4 Å². The van der Waals surface area contributed by atoms with Crippen molar-refractivity contribution >= 4 is 29.0 Å². The Kier molecular flexibility index (Phi) is 5.05. The van der Waals surface area contributed by atoms with Crippen molar-refractivity contribution in [3.05, 3.63) is 94.3 Å². The zero-order chi connectivity index (χ0) is 21.5. The minimum Gasteiger partial charge on any atom is -0.507 e. The molecule has 0 saturated carbocycles. The Morgan fingerprint density at radius 3 is 2.47 bits per heavy atom. The van der Waals surface area contributed by atoms with Gasteiger partial charge in [-0.15, -0.1) is 0 Å². The van der Waals surface area contributed by atoms with Gasteiger partial charge in [0.2, 0.25) is 0 Å². The van der Waals surface area contributed by atoms with Crippen molar-refractivity contribution < 1.29 is 24.2 Å². The van der Waals surface area contributed by atoms with Crippen molar-refractivity contribution in [1.82, 2.24) is 0 Å². The number of halogens is 2. The van der Waals surface area contributed by atoms with E-state index in [4.69, 9.17) is 11.6 Å². The molecule has 0 fully saturated rings. The Labute approximate surface area is 177 Å². The average Bonchev–Trinajstić information content (AvgIpc) is 2.93. The topological polar surface area (TPSA) is 77.8 Å². The van der Waals surface area contributed by atoms with Crippen LogP contribution in [0.15, 0.2) is 66.7 Å². The number of para-hydroxylation sites is 2. The van der Waals surface area contributed by atoms with Crippen LogP contribution in [0.4, 0.5) is 10.1 Å². The highest BCUT2D eigenvalue weighted by molar-refractivity contribution is 6.31. The van der Waals surface area contributed by atoms with Gasteiger partial charge in [0.25, 0.3) is 5.91 Å². The molecule has 1 aliphatic rings. The van der Waals surface area contributed by atoms with Crippen molar-refractivity contribution in [3.8, 4) is 5.75 Å². The van der Waals surface area contributed by atoms with Crippen LogP contribution in [0.3, 0.4) is 0 Å². The van der Waals surface area contributed by atoms with Crippen LogP contribution >= 0.6 is 11.6 Å². The minimum atomic E-state index is -2.15. The van der Waals surface area contributed by atoms with Crippen molar-refractivity contribution in [2.75, 3.05) is 4.90 Å². The number of benzene rings is 3. The van der Waals surface area contributed by atoms with E-state index in [0.29, 0.717) is 5.69 Å². The molecule has 1 aliphatic heterocycles. The van der Waals surface area contributed by atoms with Crippen molar-refractivity contribution in [1.29, 1.82) is 0 Å². The van der Waals surface area contributed by atoms with Crippen LogP contribution in [0.25, 0.3) is 0 Å². The molecular weight excluding hydrogens is 409 g/mol. The number of Topliss-reactive ketones (excluding diaryl/α,β-unsaturated/α-hetero) is 1. The van der Waals surface area contributed by atoms with Gasteiger partial charge in [-0.25, -0.2) is 4.39 Å². The Bertz CT molecular complexity index is 1150. The maximum atomic E-state index is 14.3. The summed E-state index contributed by atoms with van der Waals surface area (Å²) in [6.45, 7) is -0.200. The van der Waals surface area contributed by atoms with Gasteiger partial charge in [0, 0.05) is 16.1 Å². The van der Waals surface area contributed by atoms with Crippen LogP contribution in [0.5, 0.6) is 5.75 Å². The normalized spacial score (nSPS) is 17.8. The molecule has 1 heterocycles. The van der Waals surface area contributed by atoms with Crippen LogP contribution in [-0.2, 0) is 16.9 Å². The second kappa shape index (κ2) is 7.55. The molecule has 1 amide bonds. The zero-order valence-corrected chi connectivity index (χ0v) is 16.4. The van der Waals surface area contributed by atoms with Crippen LogP contribution in [0.2, 0.25) is 5.02 Å². The third-order valence-corrected chi connectivity index (χ3v) is 5.59. The molecule has 0 unspecified atom stereocenters. The summed E-state index contributed by atoms with van der Waals surface area (Å²) >= 11 is 6.11. The first-order chi connectivity index (χ1) is 14.3. The number of aromatic hydroxyl groups is 1. The number of anilines is 1. The molecule has 4 rings (SSSR count).